The summed E-state index contributed by atoms with van der Waals surface area (Å²) in [6, 6.07) is 18.4. The molecular weight excluding hydrogens is 414 g/mol. The van der Waals surface area contributed by atoms with E-state index in [1.54, 1.807) is 18.2 Å². The molecule has 8 heteroatoms. The Labute approximate surface area is 183 Å². The monoisotopic (exact) mass is 431 g/mol. The van der Waals surface area contributed by atoms with Crippen molar-refractivity contribution >= 4 is 40.0 Å². The molecule has 0 atom stereocenters. The number of hydrogen-bond acceptors (Lipinski definition) is 6. The van der Waals surface area contributed by atoms with Crippen molar-refractivity contribution in [3.63, 3.8) is 0 Å². The fraction of sp³-hybridized carbons (Fsp3) is 0.0870. The van der Waals surface area contributed by atoms with Gasteiger partial charge in [0.1, 0.15) is 5.52 Å². The van der Waals surface area contributed by atoms with E-state index in [9.17, 15) is 4.79 Å². The first kappa shape index (κ1) is 19.1. The van der Waals surface area contributed by atoms with Crippen LogP contribution in [-0.2, 0) is 0 Å². The molecule has 1 aromatic heterocycles. The quantitative estimate of drug-likeness (QED) is 0.456. The van der Waals surface area contributed by atoms with E-state index in [1.807, 2.05) is 49.4 Å². The number of ether oxygens (including phenoxy) is 2. The summed E-state index contributed by atoms with van der Waals surface area (Å²) in [5.41, 5.74) is 4.53. The van der Waals surface area contributed by atoms with Gasteiger partial charge in [0.15, 0.2) is 22.2 Å². The zero-order chi connectivity index (χ0) is 21.4. The van der Waals surface area contributed by atoms with Gasteiger partial charge in [-0.3, -0.25) is 10.1 Å². The Morgan fingerprint density at radius 3 is 2.65 bits per heavy atom. The molecule has 3 aromatic carbocycles. The second kappa shape index (κ2) is 7.73. The Morgan fingerprint density at radius 1 is 1.00 bits per heavy atom. The van der Waals surface area contributed by atoms with E-state index < -0.39 is 0 Å². The first-order valence-electron chi connectivity index (χ1n) is 9.55. The molecule has 1 aliphatic rings. The second-order valence-corrected chi connectivity index (χ2v) is 7.45. The van der Waals surface area contributed by atoms with Gasteiger partial charge in [0.05, 0.1) is 0 Å². The second-order valence-electron chi connectivity index (χ2n) is 7.04. The van der Waals surface area contributed by atoms with Gasteiger partial charge in [0.2, 0.25) is 12.7 Å². The number of amides is 1. The maximum absolute atomic E-state index is 12.5. The maximum atomic E-state index is 12.5. The van der Waals surface area contributed by atoms with Crippen LogP contribution in [0.2, 0.25) is 0 Å². The number of aryl methyl sites for hydroxylation is 1. The van der Waals surface area contributed by atoms with Crippen molar-refractivity contribution in [1.82, 2.24) is 10.3 Å². The highest BCUT2D eigenvalue weighted by molar-refractivity contribution is 7.80. The molecule has 0 fully saturated rings. The van der Waals surface area contributed by atoms with E-state index in [0.29, 0.717) is 39.7 Å². The zero-order valence-corrected chi connectivity index (χ0v) is 17.3. The third-order valence-electron chi connectivity index (χ3n) is 4.81. The van der Waals surface area contributed by atoms with Crippen LogP contribution in [0.25, 0.3) is 22.6 Å². The molecule has 1 aliphatic heterocycles. The van der Waals surface area contributed by atoms with Crippen molar-refractivity contribution in [2.24, 2.45) is 0 Å². The van der Waals surface area contributed by atoms with E-state index in [-0.39, 0.29) is 17.8 Å². The molecule has 0 saturated carbocycles. The minimum Gasteiger partial charge on any atom is -0.454 e. The first-order valence-corrected chi connectivity index (χ1v) is 9.95. The number of carbonyl (C=O) groups excluding carboxylic acids is 1. The fourth-order valence-corrected chi connectivity index (χ4v) is 3.41. The van der Waals surface area contributed by atoms with Crippen LogP contribution < -0.4 is 20.1 Å². The molecule has 0 spiro atoms. The predicted octanol–water partition coefficient (Wildman–Crippen LogP) is 4.66. The van der Waals surface area contributed by atoms with Gasteiger partial charge in [-0.05, 0) is 67.7 Å². The largest absolute Gasteiger partial charge is 0.454 e. The minimum absolute atomic E-state index is 0.149. The predicted molar refractivity (Wildman–Crippen MR) is 120 cm³/mol. The Kier molecular flexibility index (Phi) is 4.76. The molecule has 154 valence electrons. The van der Waals surface area contributed by atoms with Crippen LogP contribution in [0.15, 0.2) is 65.1 Å². The van der Waals surface area contributed by atoms with Crippen LogP contribution in [0.5, 0.6) is 11.5 Å². The molecule has 31 heavy (non-hydrogen) atoms. The van der Waals surface area contributed by atoms with Gasteiger partial charge in [-0.2, -0.15) is 0 Å². The van der Waals surface area contributed by atoms with E-state index in [4.69, 9.17) is 26.1 Å². The number of fused-ring (bicyclic) bond motifs is 2. The Hall–Kier alpha value is -3.91. The van der Waals surface area contributed by atoms with E-state index in [2.05, 4.69) is 15.6 Å². The molecule has 2 heterocycles. The van der Waals surface area contributed by atoms with Gasteiger partial charge >= 0.3 is 0 Å². The highest BCUT2D eigenvalue weighted by atomic mass is 32.1. The van der Waals surface area contributed by atoms with Crippen molar-refractivity contribution in [2.45, 2.75) is 6.92 Å². The lowest BCUT2D eigenvalue weighted by Gasteiger charge is -2.09. The van der Waals surface area contributed by atoms with Crippen LogP contribution in [-0.4, -0.2) is 22.8 Å². The lowest BCUT2D eigenvalue weighted by Crippen LogP contribution is -2.34. The molecular formula is C23H17N3O4S. The van der Waals surface area contributed by atoms with E-state index >= 15 is 0 Å². The van der Waals surface area contributed by atoms with Crippen LogP contribution in [0, 0.1) is 6.92 Å². The number of anilines is 1. The molecule has 0 bridgehead atoms. The van der Waals surface area contributed by atoms with Crippen molar-refractivity contribution in [2.75, 3.05) is 12.1 Å². The molecule has 0 unspecified atom stereocenters. The third-order valence-corrected chi connectivity index (χ3v) is 5.01. The van der Waals surface area contributed by atoms with Gasteiger partial charge in [-0.15, -0.1) is 0 Å². The molecule has 0 saturated heterocycles. The number of hydrogen-bond donors (Lipinski definition) is 2. The molecule has 0 radical (unpaired) electrons. The van der Waals surface area contributed by atoms with Crippen molar-refractivity contribution in [3.8, 4) is 23.0 Å². The maximum Gasteiger partial charge on any atom is 0.257 e. The number of aromatic nitrogens is 1. The van der Waals surface area contributed by atoms with Crippen LogP contribution in [0.1, 0.15) is 15.9 Å². The normalized spacial score (nSPS) is 12.0. The lowest BCUT2D eigenvalue weighted by atomic mass is 10.1. The molecule has 2 N–H and O–H groups in total. The highest BCUT2D eigenvalue weighted by Crippen LogP contribution is 2.32. The van der Waals surface area contributed by atoms with Crippen molar-refractivity contribution in [1.29, 1.82) is 0 Å². The van der Waals surface area contributed by atoms with Gasteiger partial charge in [0.25, 0.3) is 5.91 Å². The third kappa shape index (κ3) is 3.93. The smallest absolute Gasteiger partial charge is 0.257 e. The Balaban J connectivity index is 1.29. The van der Waals surface area contributed by atoms with E-state index in [0.717, 1.165) is 5.56 Å². The summed E-state index contributed by atoms with van der Waals surface area (Å²) in [6.07, 6.45) is 0. The van der Waals surface area contributed by atoms with Crippen LogP contribution in [0.3, 0.4) is 0 Å². The topological polar surface area (TPSA) is 85.6 Å². The molecule has 0 aliphatic carbocycles. The van der Waals surface area contributed by atoms with E-state index in [1.165, 1.54) is 5.56 Å². The number of carbonyl (C=O) groups is 1. The minimum atomic E-state index is -0.347. The molecule has 1 amide bonds. The summed E-state index contributed by atoms with van der Waals surface area (Å²) >= 11 is 5.29. The van der Waals surface area contributed by atoms with Crippen molar-refractivity contribution < 1.29 is 18.7 Å². The average Bonchev–Trinajstić information content (AvgIpc) is 3.40. The van der Waals surface area contributed by atoms with Crippen molar-refractivity contribution in [3.05, 3.63) is 71.8 Å². The van der Waals surface area contributed by atoms with Gasteiger partial charge < -0.3 is 19.2 Å². The summed E-state index contributed by atoms with van der Waals surface area (Å²) in [4.78, 5) is 17.0. The average molecular weight is 431 g/mol. The first-order chi connectivity index (χ1) is 15.0. The van der Waals surface area contributed by atoms with Crippen LogP contribution >= 0.6 is 12.2 Å². The molecule has 5 rings (SSSR count). The fourth-order valence-electron chi connectivity index (χ4n) is 3.20. The van der Waals surface area contributed by atoms with Gasteiger partial charge in [0, 0.05) is 16.8 Å². The summed E-state index contributed by atoms with van der Waals surface area (Å²) in [6.45, 7) is 2.18. The molecule has 7 nitrogen and oxygen atoms in total. The highest BCUT2D eigenvalue weighted by Gasteiger charge is 2.17. The summed E-state index contributed by atoms with van der Waals surface area (Å²) < 4.78 is 16.4. The summed E-state index contributed by atoms with van der Waals surface area (Å²) in [5, 5.41) is 5.84. The summed E-state index contributed by atoms with van der Waals surface area (Å²) in [7, 11) is 0. The standard InChI is InChI=1S/C23H17N3O4S/c1-13-2-4-14(5-3-13)22-25-17-11-16(7-9-18(17)30-22)24-23(31)26-21(27)15-6-8-19-20(10-15)29-12-28-19/h2-11H,12H2,1H3,(H2,24,26,27,31). The zero-order valence-electron chi connectivity index (χ0n) is 16.5. The lowest BCUT2D eigenvalue weighted by molar-refractivity contribution is 0.0977. The van der Waals surface area contributed by atoms with Gasteiger partial charge in [-0.1, -0.05) is 17.7 Å². The molecule has 4 aromatic rings. The van der Waals surface area contributed by atoms with Gasteiger partial charge in [-0.25, -0.2) is 4.98 Å². The number of benzene rings is 3. The number of nitrogens with one attached hydrogen (secondary N) is 2. The number of thiocarbonyl (C=S) groups is 1. The van der Waals surface area contributed by atoms with Crippen LogP contribution in [0.4, 0.5) is 5.69 Å². The number of oxazole rings is 1. The Morgan fingerprint density at radius 2 is 1.81 bits per heavy atom. The SMILES string of the molecule is Cc1ccc(-c2nc3cc(NC(=S)NC(=O)c4ccc5c(c4)OCO5)ccc3o2)cc1. The Bertz CT molecular complexity index is 1310. The number of nitrogens with zero attached hydrogens (tertiary/aromatic N) is 1. The number of rotatable bonds is 3. The summed E-state index contributed by atoms with van der Waals surface area (Å²) in [5.74, 6) is 1.35.